The normalized spacial score (nSPS) is 11.4. The number of halogens is 1. The minimum absolute atomic E-state index is 0.410. The lowest BCUT2D eigenvalue weighted by Gasteiger charge is -2.07. The Balaban J connectivity index is 2.12. The number of alkyl halides is 1. The van der Waals surface area contributed by atoms with Crippen LogP contribution < -0.4 is 0 Å². The van der Waals surface area contributed by atoms with Crippen LogP contribution in [0.2, 0.25) is 0 Å². The van der Waals surface area contributed by atoms with Gasteiger partial charge < -0.3 is 4.57 Å². The maximum atomic E-state index is 6.05. The zero-order valence-electron chi connectivity index (χ0n) is 11.9. The highest BCUT2D eigenvalue weighted by atomic mass is 35.5. The van der Waals surface area contributed by atoms with Crippen LogP contribution >= 0.6 is 11.6 Å². The lowest BCUT2D eigenvalue weighted by Crippen LogP contribution is -2.05. The van der Waals surface area contributed by atoms with E-state index >= 15 is 0 Å². The van der Waals surface area contributed by atoms with Gasteiger partial charge in [-0.15, -0.1) is 11.6 Å². The first-order chi connectivity index (χ1) is 9.60. The maximum absolute atomic E-state index is 6.05. The van der Waals surface area contributed by atoms with Crippen molar-refractivity contribution >= 4 is 22.6 Å². The Labute approximate surface area is 123 Å². The molecule has 20 heavy (non-hydrogen) atoms. The van der Waals surface area contributed by atoms with Gasteiger partial charge in [-0.2, -0.15) is 5.10 Å². The van der Waals surface area contributed by atoms with E-state index < -0.39 is 0 Å². The molecule has 0 spiro atoms. The standard InChI is InChI=1S/C15H17ClN4/c1-10-4-5-14-13(6-10)18-15(7-16)20(14)9-12-8-17-19(3)11(12)2/h4-6,8H,7,9H2,1-3H3. The van der Waals surface area contributed by atoms with Crippen LogP contribution in [-0.4, -0.2) is 19.3 Å². The van der Waals surface area contributed by atoms with E-state index in [0.29, 0.717) is 5.88 Å². The highest BCUT2D eigenvalue weighted by molar-refractivity contribution is 6.16. The lowest BCUT2D eigenvalue weighted by atomic mass is 10.2. The summed E-state index contributed by atoms with van der Waals surface area (Å²) in [6.45, 7) is 4.90. The summed E-state index contributed by atoms with van der Waals surface area (Å²) < 4.78 is 4.06. The van der Waals surface area contributed by atoms with Gasteiger partial charge >= 0.3 is 0 Å². The monoisotopic (exact) mass is 288 g/mol. The molecule has 0 atom stereocenters. The smallest absolute Gasteiger partial charge is 0.125 e. The molecule has 0 bridgehead atoms. The summed E-state index contributed by atoms with van der Waals surface area (Å²) in [5.74, 6) is 1.31. The Bertz CT molecular complexity index is 770. The van der Waals surface area contributed by atoms with E-state index in [9.17, 15) is 0 Å². The number of rotatable bonds is 3. The predicted octanol–water partition coefficient (Wildman–Crippen LogP) is 3.17. The van der Waals surface area contributed by atoms with Crippen LogP contribution in [0.1, 0.15) is 22.6 Å². The fourth-order valence-corrected chi connectivity index (χ4v) is 2.64. The van der Waals surface area contributed by atoms with Gasteiger partial charge in [0.15, 0.2) is 0 Å². The minimum atomic E-state index is 0.410. The van der Waals surface area contributed by atoms with E-state index in [0.717, 1.165) is 23.4 Å². The summed E-state index contributed by atoms with van der Waals surface area (Å²) in [6, 6.07) is 6.31. The number of hydrogen-bond donors (Lipinski definition) is 0. The van der Waals surface area contributed by atoms with Crippen molar-refractivity contribution in [1.82, 2.24) is 19.3 Å². The van der Waals surface area contributed by atoms with Crippen molar-refractivity contribution in [1.29, 1.82) is 0 Å². The second-order valence-corrected chi connectivity index (χ2v) is 5.39. The van der Waals surface area contributed by atoms with Crippen LogP contribution in [0.4, 0.5) is 0 Å². The average molecular weight is 289 g/mol. The van der Waals surface area contributed by atoms with Gasteiger partial charge in [-0.25, -0.2) is 4.98 Å². The number of aromatic nitrogens is 4. The van der Waals surface area contributed by atoms with Gasteiger partial charge in [0.2, 0.25) is 0 Å². The molecular weight excluding hydrogens is 272 g/mol. The van der Waals surface area contributed by atoms with Crippen molar-refractivity contribution in [2.45, 2.75) is 26.3 Å². The molecule has 3 rings (SSSR count). The zero-order valence-corrected chi connectivity index (χ0v) is 12.6. The molecule has 0 amide bonds. The van der Waals surface area contributed by atoms with Crippen LogP contribution in [0.3, 0.4) is 0 Å². The summed E-state index contributed by atoms with van der Waals surface area (Å²) in [5, 5.41) is 4.30. The van der Waals surface area contributed by atoms with Crippen molar-refractivity contribution in [3.05, 3.63) is 47.0 Å². The van der Waals surface area contributed by atoms with E-state index in [-0.39, 0.29) is 0 Å². The second-order valence-electron chi connectivity index (χ2n) is 5.12. The fraction of sp³-hybridized carbons (Fsp3) is 0.333. The zero-order chi connectivity index (χ0) is 14.3. The molecule has 2 aromatic heterocycles. The van der Waals surface area contributed by atoms with Crippen LogP contribution in [0.15, 0.2) is 24.4 Å². The predicted molar refractivity (Wildman–Crippen MR) is 81.1 cm³/mol. The molecule has 0 saturated carbocycles. The van der Waals surface area contributed by atoms with E-state index in [1.807, 2.05) is 17.9 Å². The summed E-state index contributed by atoms with van der Waals surface area (Å²) >= 11 is 6.05. The quantitative estimate of drug-likeness (QED) is 0.694. The molecule has 0 radical (unpaired) electrons. The van der Waals surface area contributed by atoms with E-state index in [2.05, 4.69) is 46.7 Å². The van der Waals surface area contributed by atoms with E-state index in [4.69, 9.17) is 11.6 Å². The molecule has 104 valence electrons. The van der Waals surface area contributed by atoms with Gasteiger partial charge in [0, 0.05) is 18.3 Å². The Morgan fingerprint density at radius 2 is 2.05 bits per heavy atom. The molecule has 5 heteroatoms. The number of nitrogens with zero attached hydrogens (tertiary/aromatic N) is 4. The first-order valence-electron chi connectivity index (χ1n) is 6.59. The van der Waals surface area contributed by atoms with Crippen molar-refractivity contribution in [3.63, 3.8) is 0 Å². The number of benzene rings is 1. The SMILES string of the molecule is Cc1ccc2c(c1)nc(CCl)n2Cc1cnn(C)c1C. The highest BCUT2D eigenvalue weighted by Crippen LogP contribution is 2.21. The van der Waals surface area contributed by atoms with Gasteiger partial charge in [0.05, 0.1) is 29.7 Å². The van der Waals surface area contributed by atoms with Crippen LogP contribution in [-0.2, 0) is 19.5 Å². The van der Waals surface area contributed by atoms with Crippen molar-refractivity contribution in [2.24, 2.45) is 7.05 Å². The summed E-state index contributed by atoms with van der Waals surface area (Å²) in [7, 11) is 1.96. The summed E-state index contributed by atoms with van der Waals surface area (Å²) in [4.78, 5) is 4.63. The average Bonchev–Trinajstić information content (AvgIpc) is 2.93. The molecule has 1 aromatic carbocycles. The number of aryl methyl sites for hydroxylation is 2. The van der Waals surface area contributed by atoms with Gasteiger partial charge in [0.1, 0.15) is 5.82 Å². The Hall–Kier alpha value is -1.81. The third-order valence-electron chi connectivity index (χ3n) is 3.77. The van der Waals surface area contributed by atoms with Gasteiger partial charge in [-0.3, -0.25) is 4.68 Å². The van der Waals surface area contributed by atoms with Gasteiger partial charge in [0.25, 0.3) is 0 Å². The first kappa shape index (κ1) is 13.2. The van der Waals surface area contributed by atoms with Gasteiger partial charge in [-0.05, 0) is 31.5 Å². The lowest BCUT2D eigenvalue weighted by molar-refractivity contribution is 0.729. The largest absolute Gasteiger partial charge is 0.322 e. The molecule has 0 aliphatic heterocycles. The molecule has 0 saturated heterocycles. The van der Waals surface area contributed by atoms with Crippen molar-refractivity contribution in [3.8, 4) is 0 Å². The third-order valence-corrected chi connectivity index (χ3v) is 4.01. The highest BCUT2D eigenvalue weighted by Gasteiger charge is 2.12. The fourth-order valence-electron chi connectivity index (χ4n) is 2.44. The Morgan fingerprint density at radius 1 is 1.25 bits per heavy atom. The molecule has 4 nitrogen and oxygen atoms in total. The maximum Gasteiger partial charge on any atom is 0.125 e. The van der Waals surface area contributed by atoms with Crippen molar-refractivity contribution < 1.29 is 0 Å². The molecule has 0 aliphatic rings. The van der Waals surface area contributed by atoms with Crippen LogP contribution in [0.25, 0.3) is 11.0 Å². The number of imidazole rings is 1. The molecule has 0 N–H and O–H groups in total. The molecule has 0 fully saturated rings. The molecule has 0 unspecified atom stereocenters. The van der Waals surface area contributed by atoms with E-state index in [1.165, 1.54) is 16.8 Å². The molecule has 2 heterocycles. The molecule has 3 aromatic rings. The molecular formula is C15H17ClN4. The second kappa shape index (κ2) is 4.94. The van der Waals surface area contributed by atoms with Crippen LogP contribution in [0, 0.1) is 13.8 Å². The Kier molecular flexibility index (Phi) is 3.26. The van der Waals surface area contributed by atoms with Gasteiger partial charge in [-0.1, -0.05) is 6.07 Å². The first-order valence-corrected chi connectivity index (χ1v) is 7.13. The summed E-state index contributed by atoms with van der Waals surface area (Å²) in [5.41, 5.74) is 5.69. The number of fused-ring (bicyclic) bond motifs is 1. The number of hydrogen-bond acceptors (Lipinski definition) is 2. The van der Waals surface area contributed by atoms with Crippen molar-refractivity contribution in [2.75, 3.05) is 0 Å². The third kappa shape index (κ3) is 2.10. The topological polar surface area (TPSA) is 35.6 Å². The Morgan fingerprint density at radius 3 is 2.70 bits per heavy atom. The molecule has 0 aliphatic carbocycles. The summed E-state index contributed by atoms with van der Waals surface area (Å²) in [6.07, 6.45) is 1.91. The van der Waals surface area contributed by atoms with Crippen LogP contribution in [0.5, 0.6) is 0 Å². The van der Waals surface area contributed by atoms with E-state index in [1.54, 1.807) is 0 Å². The minimum Gasteiger partial charge on any atom is -0.322 e.